The summed E-state index contributed by atoms with van der Waals surface area (Å²) < 4.78 is 28.0. The van der Waals surface area contributed by atoms with Crippen LogP contribution in [0.4, 0.5) is 0 Å². The molecular weight excluding hydrogens is 242 g/mol. The maximum absolute atomic E-state index is 11.7. The molecule has 0 aliphatic carbocycles. The Hall–Kier alpha value is -1.87. The topological polar surface area (TPSA) is 84.2 Å². The van der Waals surface area contributed by atoms with Crippen molar-refractivity contribution in [2.24, 2.45) is 0 Å². The molecule has 0 aliphatic heterocycles. The third-order valence-corrected chi connectivity index (χ3v) is 3.56. The van der Waals surface area contributed by atoms with Crippen LogP contribution in [0.2, 0.25) is 0 Å². The van der Waals surface area contributed by atoms with Gasteiger partial charge < -0.3 is 4.74 Å². The van der Waals surface area contributed by atoms with E-state index in [1.165, 1.54) is 24.3 Å². The van der Waals surface area contributed by atoms with Gasteiger partial charge in [-0.05, 0) is 31.2 Å². The van der Waals surface area contributed by atoms with E-state index < -0.39 is 21.6 Å². The van der Waals surface area contributed by atoms with Gasteiger partial charge in [-0.1, -0.05) is 0 Å². The first-order chi connectivity index (χ1) is 7.99. The fourth-order valence-corrected chi connectivity index (χ4v) is 2.29. The van der Waals surface area contributed by atoms with Gasteiger partial charge in [0.15, 0.2) is 15.6 Å². The van der Waals surface area contributed by atoms with Crippen LogP contribution in [0, 0.1) is 11.3 Å². The highest BCUT2D eigenvalue weighted by Crippen LogP contribution is 2.12. The number of carbonyl (C=O) groups excluding carboxylic acids is 1. The van der Waals surface area contributed by atoms with Crippen molar-refractivity contribution in [3.8, 4) is 6.07 Å². The van der Waals surface area contributed by atoms with Gasteiger partial charge >= 0.3 is 5.97 Å². The maximum Gasteiger partial charge on any atom is 0.321 e. The minimum absolute atomic E-state index is 0.00422. The molecule has 0 unspecified atom stereocenters. The van der Waals surface area contributed by atoms with Gasteiger partial charge in [-0.3, -0.25) is 4.79 Å². The summed E-state index contributed by atoms with van der Waals surface area (Å²) in [4.78, 5) is 11.1. The monoisotopic (exact) mass is 253 g/mol. The molecule has 0 aliphatic rings. The number of hydrogen-bond acceptors (Lipinski definition) is 5. The minimum atomic E-state index is -3.69. The minimum Gasteiger partial charge on any atom is -0.465 e. The van der Waals surface area contributed by atoms with E-state index in [9.17, 15) is 13.2 Å². The summed E-state index contributed by atoms with van der Waals surface area (Å²) in [5.74, 6) is -1.47. The molecule has 0 saturated carbocycles. The molecule has 6 heteroatoms. The maximum atomic E-state index is 11.7. The van der Waals surface area contributed by atoms with Gasteiger partial charge in [-0.25, -0.2) is 8.42 Å². The van der Waals surface area contributed by atoms with Crippen LogP contribution in [0.15, 0.2) is 29.2 Å². The molecule has 0 bridgehead atoms. The van der Waals surface area contributed by atoms with E-state index in [1.54, 1.807) is 6.92 Å². The van der Waals surface area contributed by atoms with Gasteiger partial charge in [0.2, 0.25) is 0 Å². The Labute approximate surface area is 99.5 Å². The summed E-state index contributed by atoms with van der Waals surface area (Å²) >= 11 is 0. The van der Waals surface area contributed by atoms with Crippen LogP contribution in [-0.4, -0.2) is 26.7 Å². The lowest BCUT2D eigenvalue weighted by atomic mass is 10.2. The summed E-state index contributed by atoms with van der Waals surface area (Å²) in [6.45, 7) is 1.74. The summed E-state index contributed by atoms with van der Waals surface area (Å²) in [6, 6.07) is 7.25. The number of rotatable bonds is 4. The van der Waals surface area contributed by atoms with Crippen LogP contribution in [0.25, 0.3) is 0 Å². The molecule has 0 aromatic heterocycles. The molecule has 1 rings (SSSR count). The molecule has 0 amide bonds. The second-order valence-corrected chi connectivity index (χ2v) is 5.19. The van der Waals surface area contributed by atoms with Crippen LogP contribution in [0.5, 0.6) is 0 Å². The largest absolute Gasteiger partial charge is 0.465 e. The first kappa shape index (κ1) is 13.2. The molecule has 0 atom stereocenters. The van der Waals surface area contributed by atoms with E-state index in [2.05, 4.69) is 4.74 Å². The number of esters is 1. The van der Waals surface area contributed by atoms with Gasteiger partial charge in [0.1, 0.15) is 0 Å². The van der Waals surface area contributed by atoms with E-state index in [0.717, 1.165) is 0 Å². The van der Waals surface area contributed by atoms with Crippen molar-refractivity contribution >= 4 is 15.8 Å². The molecule has 5 nitrogen and oxygen atoms in total. The first-order valence-corrected chi connectivity index (χ1v) is 6.53. The lowest BCUT2D eigenvalue weighted by molar-refractivity contribution is -0.139. The second kappa shape index (κ2) is 5.46. The molecule has 0 heterocycles. The normalized spacial score (nSPS) is 10.6. The molecule has 1 aromatic carbocycles. The van der Waals surface area contributed by atoms with Crippen LogP contribution >= 0.6 is 0 Å². The van der Waals surface area contributed by atoms with E-state index in [-0.39, 0.29) is 11.5 Å². The predicted molar refractivity (Wildman–Crippen MR) is 59.8 cm³/mol. The number of carbonyl (C=O) groups is 1. The zero-order valence-electron chi connectivity index (χ0n) is 9.21. The summed E-state index contributed by atoms with van der Waals surface area (Å²) in [5, 5.41) is 8.57. The lowest BCUT2D eigenvalue weighted by Gasteiger charge is -2.04. The number of nitriles is 1. The SMILES string of the molecule is CCOC(=O)CS(=O)(=O)c1ccc(C#N)cc1. The smallest absolute Gasteiger partial charge is 0.321 e. The van der Waals surface area contributed by atoms with Crippen molar-refractivity contribution in [3.05, 3.63) is 29.8 Å². The first-order valence-electron chi connectivity index (χ1n) is 4.88. The van der Waals surface area contributed by atoms with Gasteiger partial charge in [0.05, 0.1) is 23.1 Å². The van der Waals surface area contributed by atoms with Crippen LogP contribution in [0.1, 0.15) is 12.5 Å². The standard InChI is InChI=1S/C11H11NO4S/c1-2-16-11(13)8-17(14,15)10-5-3-9(7-12)4-6-10/h3-6H,2,8H2,1H3. The quantitative estimate of drug-likeness (QED) is 0.744. The fourth-order valence-electron chi connectivity index (χ4n) is 1.18. The Morgan fingerprint density at radius 2 is 1.94 bits per heavy atom. The molecule has 0 fully saturated rings. The highest BCUT2D eigenvalue weighted by molar-refractivity contribution is 7.92. The van der Waals surface area contributed by atoms with Gasteiger partial charge in [-0.15, -0.1) is 0 Å². The number of ether oxygens (including phenoxy) is 1. The van der Waals surface area contributed by atoms with Crippen molar-refractivity contribution in [3.63, 3.8) is 0 Å². The number of sulfone groups is 1. The van der Waals surface area contributed by atoms with Crippen molar-refractivity contribution in [1.29, 1.82) is 5.26 Å². The van der Waals surface area contributed by atoms with E-state index in [1.807, 2.05) is 6.07 Å². The van der Waals surface area contributed by atoms with Gasteiger partial charge in [0.25, 0.3) is 0 Å². The zero-order chi connectivity index (χ0) is 12.9. The number of benzene rings is 1. The molecule has 17 heavy (non-hydrogen) atoms. The molecule has 90 valence electrons. The van der Waals surface area contributed by atoms with Crippen molar-refractivity contribution in [2.75, 3.05) is 12.4 Å². The molecule has 0 radical (unpaired) electrons. The molecule has 0 saturated heterocycles. The van der Waals surface area contributed by atoms with Crippen LogP contribution < -0.4 is 0 Å². The third kappa shape index (κ3) is 3.57. The predicted octanol–water partition coefficient (Wildman–Crippen LogP) is 0.895. The van der Waals surface area contributed by atoms with Crippen LogP contribution in [-0.2, 0) is 19.4 Å². The summed E-state index contributed by atoms with van der Waals surface area (Å²) in [6.07, 6.45) is 0. The van der Waals surface area contributed by atoms with Crippen molar-refractivity contribution < 1.29 is 17.9 Å². The Kier molecular flexibility index (Phi) is 4.24. The number of nitrogens with zero attached hydrogens (tertiary/aromatic N) is 1. The zero-order valence-corrected chi connectivity index (χ0v) is 10.0. The molecule has 0 N–H and O–H groups in total. The van der Waals surface area contributed by atoms with E-state index in [0.29, 0.717) is 5.56 Å². The Morgan fingerprint density at radius 3 is 2.41 bits per heavy atom. The van der Waals surface area contributed by atoms with Gasteiger partial charge in [0, 0.05) is 0 Å². The highest BCUT2D eigenvalue weighted by Gasteiger charge is 2.19. The molecule has 1 aromatic rings. The lowest BCUT2D eigenvalue weighted by Crippen LogP contribution is -2.18. The summed E-state index contributed by atoms with van der Waals surface area (Å²) in [7, 11) is -3.69. The average Bonchev–Trinajstić information content (AvgIpc) is 2.28. The fraction of sp³-hybridized carbons (Fsp3) is 0.273. The molecular formula is C11H11NO4S. The van der Waals surface area contributed by atoms with Crippen molar-refractivity contribution in [1.82, 2.24) is 0 Å². The number of hydrogen-bond donors (Lipinski definition) is 0. The van der Waals surface area contributed by atoms with E-state index >= 15 is 0 Å². The second-order valence-electron chi connectivity index (χ2n) is 3.20. The Balaban J connectivity index is 2.90. The third-order valence-electron chi connectivity index (χ3n) is 1.96. The highest BCUT2D eigenvalue weighted by atomic mass is 32.2. The molecule has 0 spiro atoms. The van der Waals surface area contributed by atoms with Gasteiger partial charge in [-0.2, -0.15) is 5.26 Å². The Bertz CT molecular complexity index is 540. The Morgan fingerprint density at radius 1 is 1.35 bits per heavy atom. The average molecular weight is 253 g/mol. The van der Waals surface area contributed by atoms with E-state index in [4.69, 9.17) is 5.26 Å². The summed E-state index contributed by atoms with van der Waals surface area (Å²) in [5.41, 5.74) is 0.361. The van der Waals surface area contributed by atoms with Crippen LogP contribution in [0.3, 0.4) is 0 Å². The van der Waals surface area contributed by atoms with Crippen molar-refractivity contribution in [2.45, 2.75) is 11.8 Å².